The van der Waals surface area contributed by atoms with Crippen molar-refractivity contribution >= 4 is 28.2 Å². The van der Waals surface area contributed by atoms with Gasteiger partial charge >= 0.3 is 0 Å². The minimum absolute atomic E-state index is 0.0480. The minimum Gasteiger partial charge on any atom is -0.496 e. The maximum Gasteiger partial charge on any atom is 0.211 e. The van der Waals surface area contributed by atoms with E-state index in [1.165, 1.54) is 0 Å². The first-order valence-electron chi connectivity index (χ1n) is 12.5. The number of ketones is 1. The van der Waals surface area contributed by atoms with E-state index in [1.807, 2.05) is 73.3 Å². The zero-order chi connectivity index (χ0) is 25.5. The van der Waals surface area contributed by atoms with Gasteiger partial charge in [0.05, 0.1) is 37.2 Å². The molecular weight excluding hydrogens is 466 g/mol. The number of aryl methyl sites for hydroxylation is 2. The van der Waals surface area contributed by atoms with Gasteiger partial charge in [-0.15, -0.1) is 0 Å². The summed E-state index contributed by atoms with van der Waals surface area (Å²) in [6.45, 7) is 4.94. The van der Waals surface area contributed by atoms with E-state index in [2.05, 4.69) is 14.3 Å². The van der Waals surface area contributed by atoms with Crippen molar-refractivity contribution in [3.63, 3.8) is 0 Å². The van der Waals surface area contributed by atoms with E-state index in [1.54, 1.807) is 13.3 Å². The van der Waals surface area contributed by atoms with Crippen LogP contribution in [-0.4, -0.2) is 58.1 Å². The minimum atomic E-state index is 0.0480. The Morgan fingerprint density at radius 3 is 2.70 bits per heavy atom. The van der Waals surface area contributed by atoms with Crippen LogP contribution in [0.1, 0.15) is 21.7 Å². The molecule has 8 heteroatoms. The third-order valence-corrected chi connectivity index (χ3v) is 7.16. The molecule has 3 aromatic heterocycles. The number of carbonyl (C=O) groups is 1. The van der Waals surface area contributed by atoms with Crippen LogP contribution >= 0.6 is 0 Å². The molecule has 37 heavy (non-hydrogen) atoms. The molecule has 6 rings (SSSR count). The Labute approximate surface area is 215 Å². The van der Waals surface area contributed by atoms with Crippen molar-refractivity contribution in [2.45, 2.75) is 13.3 Å². The maximum absolute atomic E-state index is 13.3. The Morgan fingerprint density at radius 2 is 1.92 bits per heavy atom. The van der Waals surface area contributed by atoms with Gasteiger partial charge in [0, 0.05) is 61.0 Å². The van der Waals surface area contributed by atoms with Crippen molar-refractivity contribution in [1.29, 1.82) is 0 Å². The molecule has 0 unspecified atom stereocenters. The molecule has 0 atom stereocenters. The molecule has 4 heterocycles. The normalized spacial score (nSPS) is 14.0. The van der Waals surface area contributed by atoms with E-state index in [-0.39, 0.29) is 12.2 Å². The summed E-state index contributed by atoms with van der Waals surface area (Å²) in [5.74, 6) is 1.60. The molecule has 188 valence electrons. The van der Waals surface area contributed by atoms with Crippen LogP contribution in [0, 0.1) is 6.92 Å². The summed E-state index contributed by atoms with van der Waals surface area (Å²) < 4.78 is 15.4. The number of hydrogen-bond acceptors (Lipinski definition) is 6. The average Bonchev–Trinajstić information content (AvgIpc) is 3.49. The number of anilines is 1. The molecule has 5 aromatic rings. The average molecular weight is 496 g/mol. The van der Waals surface area contributed by atoms with Crippen molar-refractivity contribution in [2.24, 2.45) is 7.05 Å². The van der Waals surface area contributed by atoms with Gasteiger partial charge in [0.25, 0.3) is 0 Å². The van der Waals surface area contributed by atoms with Crippen molar-refractivity contribution in [1.82, 2.24) is 18.9 Å². The number of hydrogen-bond donors (Lipinski definition) is 0. The van der Waals surface area contributed by atoms with Crippen molar-refractivity contribution in [2.75, 3.05) is 38.3 Å². The molecule has 1 fully saturated rings. The highest BCUT2D eigenvalue weighted by Crippen LogP contribution is 2.34. The second-order valence-electron chi connectivity index (χ2n) is 9.37. The fourth-order valence-corrected chi connectivity index (χ4v) is 5.23. The first-order valence-corrected chi connectivity index (χ1v) is 12.5. The van der Waals surface area contributed by atoms with Crippen LogP contribution in [0.2, 0.25) is 0 Å². The zero-order valence-electron chi connectivity index (χ0n) is 21.3. The Balaban J connectivity index is 1.37. The lowest BCUT2D eigenvalue weighted by atomic mass is 10.0. The Hall–Kier alpha value is -4.17. The quantitative estimate of drug-likeness (QED) is 0.324. The van der Waals surface area contributed by atoms with E-state index >= 15 is 0 Å². The van der Waals surface area contributed by atoms with Crippen LogP contribution in [0.3, 0.4) is 0 Å². The smallest absolute Gasteiger partial charge is 0.211 e. The van der Waals surface area contributed by atoms with E-state index in [4.69, 9.17) is 14.5 Å². The number of imidazole rings is 1. The van der Waals surface area contributed by atoms with Crippen molar-refractivity contribution in [3.05, 3.63) is 77.9 Å². The maximum atomic E-state index is 13.3. The number of nitrogens with zero attached hydrogens (tertiary/aromatic N) is 5. The fraction of sp³-hybridized carbons (Fsp3) is 0.276. The van der Waals surface area contributed by atoms with Crippen LogP contribution < -0.4 is 9.64 Å². The van der Waals surface area contributed by atoms with Crippen LogP contribution in [-0.2, 0) is 18.2 Å². The Morgan fingerprint density at radius 1 is 1.11 bits per heavy atom. The summed E-state index contributed by atoms with van der Waals surface area (Å²) in [6, 6.07) is 15.9. The lowest BCUT2D eigenvalue weighted by Gasteiger charge is -2.27. The number of methoxy groups -OCH3 is 1. The van der Waals surface area contributed by atoms with E-state index in [0.717, 1.165) is 58.0 Å². The predicted octanol–water partition coefficient (Wildman–Crippen LogP) is 4.47. The molecule has 0 aliphatic carbocycles. The van der Waals surface area contributed by atoms with Gasteiger partial charge in [-0.05, 0) is 25.1 Å². The number of morpholine rings is 1. The van der Waals surface area contributed by atoms with E-state index in [0.29, 0.717) is 24.7 Å². The molecule has 1 aliphatic rings. The zero-order valence-corrected chi connectivity index (χ0v) is 21.3. The highest BCUT2D eigenvalue weighted by atomic mass is 16.5. The van der Waals surface area contributed by atoms with Gasteiger partial charge in [-0.3, -0.25) is 14.2 Å². The molecule has 0 N–H and O–H groups in total. The Bertz CT molecular complexity index is 1630. The first kappa shape index (κ1) is 23.2. The fourth-order valence-electron chi connectivity index (χ4n) is 5.23. The highest BCUT2D eigenvalue weighted by Gasteiger charge is 2.23. The van der Waals surface area contributed by atoms with Crippen LogP contribution in [0.4, 0.5) is 5.95 Å². The van der Waals surface area contributed by atoms with Crippen molar-refractivity contribution in [3.8, 4) is 17.0 Å². The molecule has 0 radical (unpaired) electrons. The van der Waals surface area contributed by atoms with Crippen molar-refractivity contribution < 1.29 is 14.3 Å². The number of aromatic nitrogens is 4. The summed E-state index contributed by atoms with van der Waals surface area (Å²) in [5, 5.41) is 1.06. The van der Waals surface area contributed by atoms with E-state index < -0.39 is 0 Å². The van der Waals surface area contributed by atoms with Gasteiger partial charge in [0.2, 0.25) is 5.95 Å². The number of benzene rings is 2. The molecule has 2 aromatic carbocycles. The van der Waals surface area contributed by atoms with Crippen LogP contribution in [0.25, 0.3) is 27.7 Å². The molecule has 0 amide bonds. The molecule has 0 bridgehead atoms. The summed E-state index contributed by atoms with van der Waals surface area (Å²) in [4.78, 5) is 25.1. The largest absolute Gasteiger partial charge is 0.496 e. The van der Waals surface area contributed by atoms with Gasteiger partial charge in [-0.1, -0.05) is 30.3 Å². The van der Waals surface area contributed by atoms with Crippen LogP contribution in [0.15, 0.2) is 60.9 Å². The summed E-state index contributed by atoms with van der Waals surface area (Å²) >= 11 is 0. The number of para-hydroxylation sites is 1. The summed E-state index contributed by atoms with van der Waals surface area (Å²) in [5.41, 5.74) is 6.20. The first-order chi connectivity index (χ1) is 18.0. The number of ether oxygens (including phenoxy) is 2. The number of carbonyl (C=O) groups excluding carboxylic acids is 1. The van der Waals surface area contributed by atoms with Gasteiger partial charge in [-0.2, -0.15) is 0 Å². The number of fused-ring (bicyclic) bond motifs is 2. The lowest BCUT2D eigenvalue weighted by molar-refractivity contribution is 0.0984. The molecule has 1 aliphatic heterocycles. The number of Topliss-reactive ketones (excluding diaryl/α,β-unsaturated/α-hetero) is 1. The standard InChI is InChI=1S/C29H29N5O3/c1-19-28-27(31-29(34(28)11-10-30-19)33-12-14-37-15-13-33)22-9-8-21(26(18-22)36-3)17-25(35)24-16-20-6-4-5-7-23(20)32(24)2/h4-11,16,18H,12-15,17H2,1-3H3. The topological polar surface area (TPSA) is 73.9 Å². The van der Waals surface area contributed by atoms with Gasteiger partial charge < -0.3 is 18.9 Å². The second-order valence-corrected chi connectivity index (χ2v) is 9.37. The molecule has 0 saturated carbocycles. The van der Waals surface area contributed by atoms with Gasteiger partial charge in [0.15, 0.2) is 5.78 Å². The summed E-state index contributed by atoms with van der Waals surface area (Å²) in [6.07, 6.45) is 4.01. The molecule has 1 saturated heterocycles. The third kappa shape index (κ3) is 4.03. The van der Waals surface area contributed by atoms with Gasteiger partial charge in [0.1, 0.15) is 11.4 Å². The van der Waals surface area contributed by atoms with Crippen LogP contribution in [0.5, 0.6) is 5.75 Å². The lowest BCUT2D eigenvalue weighted by Crippen LogP contribution is -2.37. The highest BCUT2D eigenvalue weighted by molar-refractivity contribution is 6.01. The van der Waals surface area contributed by atoms with Gasteiger partial charge in [-0.25, -0.2) is 4.98 Å². The molecule has 0 spiro atoms. The molecular formula is C29H29N5O3. The van der Waals surface area contributed by atoms with E-state index in [9.17, 15) is 4.79 Å². The predicted molar refractivity (Wildman–Crippen MR) is 144 cm³/mol. The molecule has 8 nitrogen and oxygen atoms in total. The number of rotatable bonds is 6. The second kappa shape index (κ2) is 9.37. The third-order valence-electron chi connectivity index (χ3n) is 7.16. The SMILES string of the molecule is COc1cc(-c2nc(N3CCOCC3)n3ccnc(C)c23)ccc1CC(=O)c1cc2ccccc2n1C. The monoisotopic (exact) mass is 495 g/mol. The Kier molecular flexibility index (Phi) is 5.88. The summed E-state index contributed by atoms with van der Waals surface area (Å²) in [7, 11) is 3.57.